The fraction of sp³-hybridized carbons (Fsp3) is 0.500. The summed E-state index contributed by atoms with van der Waals surface area (Å²) in [4.78, 5) is 0. The van der Waals surface area contributed by atoms with Crippen molar-refractivity contribution in [2.45, 2.75) is 38.2 Å². The van der Waals surface area contributed by atoms with Gasteiger partial charge in [0.05, 0.1) is 6.10 Å². The third kappa shape index (κ3) is 1.61. The largest absolute Gasteiger partial charge is 0.388 e. The maximum absolute atomic E-state index is 9.86. The average molecular weight is 176 g/mol. The van der Waals surface area contributed by atoms with Crippen molar-refractivity contribution in [1.82, 2.24) is 0 Å². The van der Waals surface area contributed by atoms with Gasteiger partial charge < -0.3 is 5.11 Å². The van der Waals surface area contributed by atoms with Gasteiger partial charge in [-0.15, -0.1) is 0 Å². The Balaban J connectivity index is 2.45. The lowest BCUT2D eigenvalue weighted by atomic mass is 9.94. The standard InChI is InChI=1S/C12H16O/c1-9-5-4-8-12(13)11-7-3-2-6-10(9)11/h2-3,6-7,9,12-13H,4-5,8H2,1H3. The van der Waals surface area contributed by atoms with Crippen LogP contribution in [0.1, 0.15) is 49.3 Å². The Labute approximate surface area is 79.4 Å². The summed E-state index contributed by atoms with van der Waals surface area (Å²) in [5, 5.41) is 9.86. The Bertz CT molecular complexity index is 264. The van der Waals surface area contributed by atoms with Gasteiger partial charge in [-0.1, -0.05) is 31.2 Å². The van der Waals surface area contributed by atoms with Gasteiger partial charge in [0, 0.05) is 0 Å². The molecule has 0 fully saturated rings. The van der Waals surface area contributed by atoms with Crippen LogP contribution in [0.4, 0.5) is 0 Å². The van der Waals surface area contributed by atoms with E-state index in [-0.39, 0.29) is 6.10 Å². The van der Waals surface area contributed by atoms with Gasteiger partial charge in [-0.3, -0.25) is 0 Å². The molecule has 0 aromatic heterocycles. The highest BCUT2D eigenvalue weighted by Crippen LogP contribution is 2.34. The monoisotopic (exact) mass is 176 g/mol. The minimum Gasteiger partial charge on any atom is -0.388 e. The molecule has 13 heavy (non-hydrogen) atoms. The minimum absolute atomic E-state index is 0.235. The predicted molar refractivity (Wildman–Crippen MR) is 53.7 cm³/mol. The zero-order chi connectivity index (χ0) is 9.26. The summed E-state index contributed by atoms with van der Waals surface area (Å²) >= 11 is 0. The van der Waals surface area contributed by atoms with Crippen molar-refractivity contribution in [3.05, 3.63) is 35.4 Å². The summed E-state index contributed by atoms with van der Waals surface area (Å²) in [6.45, 7) is 2.25. The van der Waals surface area contributed by atoms with Gasteiger partial charge in [0.2, 0.25) is 0 Å². The van der Waals surface area contributed by atoms with Gasteiger partial charge in [-0.05, 0) is 36.3 Å². The van der Waals surface area contributed by atoms with Crippen LogP contribution in [-0.2, 0) is 0 Å². The van der Waals surface area contributed by atoms with Gasteiger partial charge in [0.15, 0.2) is 0 Å². The van der Waals surface area contributed by atoms with Gasteiger partial charge in [0.25, 0.3) is 0 Å². The smallest absolute Gasteiger partial charge is 0.0792 e. The highest BCUT2D eigenvalue weighted by Gasteiger charge is 2.19. The van der Waals surface area contributed by atoms with Crippen LogP contribution in [0.15, 0.2) is 24.3 Å². The lowest BCUT2D eigenvalue weighted by Gasteiger charge is -2.13. The lowest BCUT2D eigenvalue weighted by molar-refractivity contribution is 0.166. The molecule has 0 saturated heterocycles. The van der Waals surface area contributed by atoms with E-state index in [1.54, 1.807) is 0 Å². The SMILES string of the molecule is CC1CCCC(O)c2ccccc21. The fourth-order valence-electron chi connectivity index (χ4n) is 2.19. The Morgan fingerprint density at radius 1 is 1.15 bits per heavy atom. The average Bonchev–Trinajstić information content (AvgIpc) is 2.29. The molecule has 2 unspecified atom stereocenters. The molecule has 1 heteroatoms. The first-order valence-corrected chi connectivity index (χ1v) is 5.06. The molecular weight excluding hydrogens is 160 g/mol. The molecule has 0 spiro atoms. The van der Waals surface area contributed by atoms with Crippen molar-refractivity contribution in [2.24, 2.45) is 0 Å². The van der Waals surface area contributed by atoms with Crippen molar-refractivity contribution in [1.29, 1.82) is 0 Å². The number of aliphatic hydroxyl groups is 1. The molecule has 1 aliphatic rings. The number of rotatable bonds is 0. The molecule has 0 aliphatic heterocycles. The number of aliphatic hydroxyl groups excluding tert-OH is 1. The maximum atomic E-state index is 9.86. The van der Waals surface area contributed by atoms with Crippen molar-refractivity contribution >= 4 is 0 Å². The molecule has 2 atom stereocenters. The van der Waals surface area contributed by atoms with Crippen LogP contribution in [0.2, 0.25) is 0 Å². The van der Waals surface area contributed by atoms with E-state index in [1.165, 1.54) is 12.0 Å². The van der Waals surface area contributed by atoms with E-state index in [9.17, 15) is 5.11 Å². The Morgan fingerprint density at radius 2 is 1.85 bits per heavy atom. The van der Waals surface area contributed by atoms with Crippen molar-refractivity contribution in [2.75, 3.05) is 0 Å². The van der Waals surface area contributed by atoms with Crippen LogP contribution >= 0.6 is 0 Å². The molecule has 2 rings (SSSR count). The molecule has 0 saturated carbocycles. The van der Waals surface area contributed by atoms with E-state index >= 15 is 0 Å². The molecule has 1 aromatic rings. The van der Waals surface area contributed by atoms with Crippen LogP contribution in [-0.4, -0.2) is 5.11 Å². The van der Waals surface area contributed by atoms with Crippen molar-refractivity contribution in [3.63, 3.8) is 0 Å². The summed E-state index contributed by atoms with van der Waals surface area (Å²) < 4.78 is 0. The summed E-state index contributed by atoms with van der Waals surface area (Å²) in [7, 11) is 0. The number of hydrogen-bond donors (Lipinski definition) is 1. The normalized spacial score (nSPS) is 27.8. The third-order valence-electron chi connectivity index (χ3n) is 3.00. The van der Waals surface area contributed by atoms with Gasteiger partial charge in [0.1, 0.15) is 0 Å². The number of hydrogen-bond acceptors (Lipinski definition) is 1. The van der Waals surface area contributed by atoms with Crippen LogP contribution in [0, 0.1) is 0 Å². The second-order valence-electron chi connectivity index (χ2n) is 3.98. The zero-order valence-corrected chi connectivity index (χ0v) is 8.03. The lowest BCUT2D eigenvalue weighted by Crippen LogP contribution is -1.99. The van der Waals surface area contributed by atoms with E-state index in [2.05, 4.69) is 25.1 Å². The molecule has 1 aliphatic carbocycles. The summed E-state index contributed by atoms with van der Waals surface area (Å²) in [5.41, 5.74) is 2.49. The van der Waals surface area contributed by atoms with E-state index in [1.807, 2.05) is 6.07 Å². The predicted octanol–water partition coefficient (Wildman–Crippen LogP) is 3.01. The van der Waals surface area contributed by atoms with Crippen LogP contribution in [0.25, 0.3) is 0 Å². The summed E-state index contributed by atoms with van der Waals surface area (Å²) in [6, 6.07) is 8.28. The Morgan fingerprint density at radius 3 is 2.62 bits per heavy atom. The van der Waals surface area contributed by atoms with E-state index in [0.29, 0.717) is 5.92 Å². The van der Waals surface area contributed by atoms with Crippen molar-refractivity contribution in [3.8, 4) is 0 Å². The van der Waals surface area contributed by atoms with E-state index in [0.717, 1.165) is 18.4 Å². The first kappa shape index (κ1) is 8.76. The van der Waals surface area contributed by atoms with Crippen LogP contribution in [0.5, 0.6) is 0 Å². The first-order chi connectivity index (χ1) is 6.29. The fourth-order valence-corrected chi connectivity index (χ4v) is 2.19. The van der Waals surface area contributed by atoms with Gasteiger partial charge >= 0.3 is 0 Å². The molecule has 0 radical (unpaired) electrons. The summed E-state index contributed by atoms with van der Waals surface area (Å²) in [6.07, 6.45) is 3.02. The second kappa shape index (κ2) is 3.51. The second-order valence-corrected chi connectivity index (χ2v) is 3.98. The Kier molecular flexibility index (Phi) is 2.36. The molecule has 1 aromatic carbocycles. The Hall–Kier alpha value is -0.820. The quantitative estimate of drug-likeness (QED) is 0.602. The van der Waals surface area contributed by atoms with Gasteiger partial charge in [-0.25, -0.2) is 0 Å². The number of benzene rings is 1. The zero-order valence-electron chi connectivity index (χ0n) is 8.03. The highest BCUT2D eigenvalue weighted by atomic mass is 16.3. The molecule has 1 nitrogen and oxygen atoms in total. The van der Waals surface area contributed by atoms with Gasteiger partial charge in [-0.2, -0.15) is 0 Å². The maximum Gasteiger partial charge on any atom is 0.0792 e. The third-order valence-corrected chi connectivity index (χ3v) is 3.00. The van der Waals surface area contributed by atoms with Crippen molar-refractivity contribution < 1.29 is 5.11 Å². The van der Waals surface area contributed by atoms with Crippen LogP contribution in [0.3, 0.4) is 0 Å². The summed E-state index contributed by atoms with van der Waals surface area (Å²) in [5.74, 6) is 0.605. The number of fused-ring (bicyclic) bond motifs is 1. The first-order valence-electron chi connectivity index (χ1n) is 5.06. The molecule has 1 N–H and O–H groups in total. The molecule has 0 amide bonds. The molecule has 0 heterocycles. The highest BCUT2D eigenvalue weighted by molar-refractivity contribution is 5.32. The van der Waals surface area contributed by atoms with Crippen LogP contribution < -0.4 is 0 Å². The molecule has 0 bridgehead atoms. The minimum atomic E-state index is -0.235. The molecule has 70 valence electrons. The van der Waals surface area contributed by atoms with E-state index < -0.39 is 0 Å². The van der Waals surface area contributed by atoms with E-state index in [4.69, 9.17) is 0 Å². The topological polar surface area (TPSA) is 20.2 Å². The molecular formula is C12H16O.